The third-order valence-corrected chi connectivity index (χ3v) is 3.93. The first-order valence-corrected chi connectivity index (χ1v) is 8.55. The molecule has 3 N–H and O–H groups in total. The third-order valence-electron chi connectivity index (χ3n) is 3.93. The Balaban J connectivity index is 2.05. The van der Waals surface area contributed by atoms with E-state index in [1.54, 1.807) is 0 Å². The number of hydrogen-bond donors (Lipinski definition) is 3. The SMILES string of the molecule is CCC/C=C/CCCCCCO[C@@H]1[C@H]([C@@H](O)CO)OC[C@H]1O. The van der Waals surface area contributed by atoms with Crippen molar-refractivity contribution in [2.45, 2.75) is 76.3 Å². The second-order valence-electron chi connectivity index (χ2n) is 5.91. The fourth-order valence-corrected chi connectivity index (χ4v) is 2.60. The van der Waals surface area contributed by atoms with Crippen molar-refractivity contribution < 1.29 is 24.8 Å². The summed E-state index contributed by atoms with van der Waals surface area (Å²) in [4.78, 5) is 0. The van der Waals surface area contributed by atoms with Gasteiger partial charge in [0.25, 0.3) is 0 Å². The normalized spacial score (nSPS) is 26.8. The zero-order valence-electron chi connectivity index (χ0n) is 13.7. The molecule has 5 heteroatoms. The minimum absolute atomic E-state index is 0.149. The van der Waals surface area contributed by atoms with Crippen molar-refractivity contribution in [1.82, 2.24) is 0 Å². The number of allylic oxidation sites excluding steroid dienone is 2. The molecule has 0 unspecified atom stereocenters. The predicted octanol–water partition coefficient (Wildman–Crippen LogP) is 1.79. The summed E-state index contributed by atoms with van der Waals surface area (Å²) >= 11 is 0. The zero-order valence-corrected chi connectivity index (χ0v) is 13.7. The number of aliphatic hydroxyl groups is 3. The average molecular weight is 316 g/mol. The molecule has 0 aromatic carbocycles. The van der Waals surface area contributed by atoms with Crippen LogP contribution in [0.25, 0.3) is 0 Å². The number of aliphatic hydroxyl groups excluding tert-OH is 3. The monoisotopic (exact) mass is 316 g/mol. The standard InChI is InChI=1S/C17H32O5/c1-2-3-4-5-6-7-8-9-10-11-21-17-15(20)13-22-16(17)14(19)12-18/h4-5,14-20H,2-3,6-13H2,1H3/b5-4+/t14-,15+,16-,17-/m0/s1. The molecule has 1 aliphatic heterocycles. The molecule has 1 rings (SSSR count). The molecule has 5 nitrogen and oxygen atoms in total. The number of rotatable bonds is 12. The van der Waals surface area contributed by atoms with Gasteiger partial charge in [0.2, 0.25) is 0 Å². The Morgan fingerprint density at radius 2 is 1.91 bits per heavy atom. The minimum Gasteiger partial charge on any atom is -0.394 e. The van der Waals surface area contributed by atoms with Gasteiger partial charge in [0.15, 0.2) is 0 Å². The lowest BCUT2D eigenvalue weighted by molar-refractivity contribution is -0.0938. The maximum atomic E-state index is 9.80. The van der Waals surface area contributed by atoms with Crippen LogP contribution in [0, 0.1) is 0 Å². The second kappa shape index (κ2) is 12.0. The van der Waals surface area contributed by atoms with Gasteiger partial charge in [-0.3, -0.25) is 0 Å². The van der Waals surface area contributed by atoms with Crippen LogP contribution in [0.15, 0.2) is 12.2 Å². The lowest BCUT2D eigenvalue weighted by atomic mass is 10.1. The largest absolute Gasteiger partial charge is 0.394 e. The van der Waals surface area contributed by atoms with Crippen LogP contribution >= 0.6 is 0 Å². The first-order valence-electron chi connectivity index (χ1n) is 8.55. The van der Waals surface area contributed by atoms with Gasteiger partial charge in [0, 0.05) is 6.61 Å². The van der Waals surface area contributed by atoms with Crippen LogP contribution in [-0.2, 0) is 9.47 Å². The van der Waals surface area contributed by atoms with Gasteiger partial charge in [0.1, 0.15) is 24.4 Å². The van der Waals surface area contributed by atoms with Gasteiger partial charge >= 0.3 is 0 Å². The molecule has 0 saturated carbocycles. The Morgan fingerprint density at radius 3 is 2.64 bits per heavy atom. The van der Waals surface area contributed by atoms with E-state index in [0.717, 1.165) is 19.3 Å². The van der Waals surface area contributed by atoms with Gasteiger partial charge in [-0.15, -0.1) is 0 Å². The van der Waals surface area contributed by atoms with Crippen molar-refractivity contribution >= 4 is 0 Å². The van der Waals surface area contributed by atoms with E-state index in [1.165, 1.54) is 25.7 Å². The molecule has 0 amide bonds. The van der Waals surface area contributed by atoms with Crippen molar-refractivity contribution in [2.24, 2.45) is 0 Å². The maximum absolute atomic E-state index is 9.80. The summed E-state index contributed by atoms with van der Waals surface area (Å²) in [7, 11) is 0. The lowest BCUT2D eigenvalue weighted by Gasteiger charge is -2.23. The lowest BCUT2D eigenvalue weighted by Crippen LogP contribution is -2.42. The average Bonchev–Trinajstić information content (AvgIpc) is 2.89. The highest BCUT2D eigenvalue weighted by molar-refractivity contribution is 4.89. The first kappa shape index (κ1) is 19.6. The predicted molar refractivity (Wildman–Crippen MR) is 85.7 cm³/mol. The van der Waals surface area contributed by atoms with E-state index < -0.39 is 24.4 Å². The minimum atomic E-state index is -1.00. The first-order chi connectivity index (χ1) is 10.7. The Kier molecular flexibility index (Phi) is 10.7. The molecule has 130 valence electrons. The zero-order chi connectivity index (χ0) is 16.2. The number of hydrogen-bond acceptors (Lipinski definition) is 5. The Morgan fingerprint density at radius 1 is 1.18 bits per heavy atom. The Labute approximate surface area is 133 Å². The van der Waals surface area contributed by atoms with E-state index in [0.29, 0.717) is 6.61 Å². The van der Waals surface area contributed by atoms with E-state index in [2.05, 4.69) is 19.1 Å². The molecular weight excluding hydrogens is 284 g/mol. The van der Waals surface area contributed by atoms with E-state index in [4.69, 9.17) is 14.6 Å². The van der Waals surface area contributed by atoms with E-state index >= 15 is 0 Å². The smallest absolute Gasteiger partial charge is 0.114 e. The van der Waals surface area contributed by atoms with Crippen molar-refractivity contribution in [2.75, 3.05) is 19.8 Å². The van der Waals surface area contributed by atoms with Gasteiger partial charge in [-0.2, -0.15) is 0 Å². The van der Waals surface area contributed by atoms with Crippen molar-refractivity contribution in [3.8, 4) is 0 Å². The molecule has 0 aromatic heterocycles. The van der Waals surface area contributed by atoms with Gasteiger partial charge in [-0.1, -0.05) is 38.3 Å². The van der Waals surface area contributed by atoms with Crippen LogP contribution in [-0.4, -0.2) is 59.6 Å². The van der Waals surface area contributed by atoms with Gasteiger partial charge in [-0.05, 0) is 25.7 Å². The summed E-state index contributed by atoms with van der Waals surface area (Å²) in [5, 5.41) is 28.4. The molecule has 1 heterocycles. The molecular formula is C17H32O5. The van der Waals surface area contributed by atoms with Crippen LogP contribution in [0.4, 0.5) is 0 Å². The molecule has 1 saturated heterocycles. The van der Waals surface area contributed by atoms with Crippen molar-refractivity contribution in [1.29, 1.82) is 0 Å². The number of unbranched alkanes of at least 4 members (excludes halogenated alkanes) is 5. The highest BCUT2D eigenvalue weighted by atomic mass is 16.6. The summed E-state index contributed by atoms with van der Waals surface area (Å²) < 4.78 is 10.9. The van der Waals surface area contributed by atoms with Gasteiger partial charge < -0.3 is 24.8 Å². The summed E-state index contributed by atoms with van der Waals surface area (Å²) in [6.45, 7) is 2.49. The van der Waals surface area contributed by atoms with Crippen LogP contribution in [0.3, 0.4) is 0 Å². The topological polar surface area (TPSA) is 79.2 Å². The van der Waals surface area contributed by atoms with Crippen molar-refractivity contribution in [3.63, 3.8) is 0 Å². The highest BCUT2D eigenvalue weighted by Crippen LogP contribution is 2.21. The summed E-state index contributed by atoms with van der Waals surface area (Å²) in [6.07, 6.45) is 9.51. The van der Waals surface area contributed by atoms with E-state index in [-0.39, 0.29) is 13.2 Å². The molecule has 4 atom stereocenters. The van der Waals surface area contributed by atoms with Crippen molar-refractivity contribution in [3.05, 3.63) is 12.2 Å². The molecule has 0 spiro atoms. The summed E-state index contributed by atoms with van der Waals surface area (Å²) in [6, 6.07) is 0. The van der Waals surface area contributed by atoms with Crippen LogP contribution in [0.5, 0.6) is 0 Å². The quantitative estimate of drug-likeness (QED) is 0.378. The fourth-order valence-electron chi connectivity index (χ4n) is 2.60. The summed E-state index contributed by atoms with van der Waals surface area (Å²) in [5.41, 5.74) is 0. The molecule has 0 bridgehead atoms. The highest BCUT2D eigenvalue weighted by Gasteiger charge is 2.40. The van der Waals surface area contributed by atoms with E-state index in [1.807, 2.05) is 0 Å². The molecule has 22 heavy (non-hydrogen) atoms. The van der Waals surface area contributed by atoms with Gasteiger partial charge in [0.05, 0.1) is 13.2 Å². The second-order valence-corrected chi connectivity index (χ2v) is 5.91. The Bertz CT molecular complexity index is 295. The molecule has 0 aromatic rings. The van der Waals surface area contributed by atoms with Crippen LogP contribution < -0.4 is 0 Å². The van der Waals surface area contributed by atoms with E-state index in [9.17, 15) is 10.2 Å². The van der Waals surface area contributed by atoms with Crippen LogP contribution in [0.1, 0.15) is 51.9 Å². The molecule has 0 aliphatic carbocycles. The Hall–Kier alpha value is -0.460. The number of ether oxygens (including phenoxy) is 2. The molecule has 0 radical (unpaired) electrons. The third kappa shape index (κ3) is 7.20. The summed E-state index contributed by atoms with van der Waals surface area (Å²) in [5.74, 6) is 0. The van der Waals surface area contributed by atoms with Gasteiger partial charge in [-0.25, -0.2) is 0 Å². The molecule has 1 fully saturated rings. The van der Waals surface area contributed by atoms with Crippen LogP contribution in [0.2, 0.25) is 0 Å². The molecule has 1 aliphatic rings. The maximum Gasteiger partial charge on any atom is 0.114 e. The fraction of sp³-hybridized carbons (Fsp3) is 0.882.